The molecule has 3 heteroatoms. The smallest absolute Gasteiger partial charge is 0.255 e. The van der Waals surface area contributed by atoms with Crippen LogP contribution in [0.4, 0.5) is 0 Å². The van der Waals surface area contributed by atoms with Crippen molar-refractivity contribution in [2.45, 2.75) is 9.79 Å². The average Bonchev–Trinajstić information content (AvgIpc) is 2.86. The van der Waals surface area contributed by atoms with Gasteiger partial charge in [-0.1, -0.05) is 42.1 Å². The Labute approximate surface area is 127 Å². The van der Waals surface area contributed by atoms with Gasteiger partial charge < -0.3 is 4.74 Å². The van der Waals surface area contributed by atoms with Gasteiger partial charge in [-0.3, -0.25) is 0 Å². The van der Waals surface area contributed by atoms with Crippen LogP contribution in [0.5, 0.6) is 11.5 Å². The molecule has 96 valence electrons. The van der Waals surface area contributed by atoms with Gasteiger partial charge in [0.25, 0.3) is 6.71 Å². The molecule has 21 heavy (non-hydrogen) atoms. The molecular weight excluding hydrogens is 275 g/mol. The Kier molecular flexibility index (Phi) is 1.70. The van der Waals surface area contributed by atoms with Gasteiger partial charge in [-0.2, -0.15) is 0 Å². The Morgan fingerprint density at radius 3 is 2.14 bits per heavy atom. The maximum absolute atomic E-state index is 6.20. The fourth-order valence-corrected chi connectivity index (χ4v) is 5.18. The molecule has 0 aromatic heterocycles. The first-order chi connectivity index (χ1) is 10.4. The van der Waals surface area contributed by atoms with E-state index in [0.717, 1.165) is 11.5 Å². The Hall–Kier alpha value is -2.13. The number of benzene rings is 3. The van der Waals surface area contributed by atoms with Crippen LogP contribution >= 0.6 is 11.8 Å². The second kappa shape index (κ2) is 3.37. The van der Waals surface area contributed by atoms with Crippen LogP contribution < -0.4 is 21.1 Å². The Morgan fingerprint density at radius 2 is 1.29 bits per heavy atom. The van der Waals surface area contributed by atoms with E-state index in [4.69, 9.17) is 4.74 Å². The van der Waals surface area contributed by atoms with Crippen LogP contribution in [0.25, 0.3) is 11.1 Å². The Bertz CT molecular complexity index is 890. The summed E-state index contributed by atoms with van der Waals surface area (Å²) in [4.78, 5) is 2.73. The van der Waals surface area contributed by atoms with Crippen molar-refractivity contribution in [1.29, 1.82) is 0 Å². The van der Waals surface area contributed by atoms with Crippen molar-refractivity contribution in [3.8, 4) is 22.6 Å². The summed E-state index contributed by atoms with van der Waals surface area (Å²) in [5.74, 6) is 2.05. The van der Waals surface area contributed by atoms with Crippen LogP contribution in [0.2, 0.25) is 0 Å². The summed E-state index contributed by atoms with van der Waals surface area (Å²) < 4.78 is 6.20. The molecular formula is C18H9BOS. The molecule has 3 aliphatic heterocycles. The first-order valence-electron chi connectivity index (χ1n) is 7.16. The number of ether oxygens (including phenoxy) is 1. The lowest BCUT2D eigenvalue weighted by atomic mass is 9.37. The van der Waals surface area contributed by atoms with Gasteiger partial charge in [0.15, 0.2) is 0 Å². The lowest BCUT2D eigenvalue weighted by Gasteiger charge is -2.29. The molecule has 0 saturated heterocycles. The third kappa shape index (κ3) is 1.10. The lowest BCUT2D eigenvalue weighted by molar-refractivity contribution is 0.486. The number of rotatable bonds is 0. The number of hydrogen-bond acceptors (Lipinski definition) is 2. The number of hydrogen-bond donors (Lipinski definition) is 0. The van der Waals surface area contributed by atoms with E-state index in [0.29, 0.717) is 6.71 Å². The van der Waals surface area contributed by atoms with Crippen molar-refractivity contribution in [2.75, 3.05) is 0 Å². The van der Waals surface area contributed by atoms with Gasteiger partial charge in [-0.05, 0) is 51.8 Å². The van der Waals surface area contributed by atoms with Gasteiger partial charge in [-0.15, -0.1) is 0 Å². The highest BCUT2D eigenvalue weighted by Crippen LogP contribution is 2.42. The van der Waals surface area contributed by atoms with Gasteiger partial charge in [0.05, 0.1) is 0 Å². The van der Waals surface area contributed by atoms with Gasteiger partial charge in [0.1, 0.15) is 11.5 Å². The first kappa shape index (κ1) is 10.6. The third-order valence-corrected chi connectivity index (χ3v) is 5.91. The van der Waals surface area contributed by atoms with Gasteiger partial charge >= 0.3 is 0 Å². The molecule has 0 spiro atoms. The van der Waals surface area contributed by atoms with E-state index in [1.807, 2.05) is 11.8 Å². The van der Waals surface area contributed by atoms with Crippen molar-refractivity contribution in [3.63, 3.8) is 0 Å². The number of fused-ring (bicyclic) bond motifs is 1. The van der Waals surface area contributed by atoms with Crippen LogP contribution in [0.3, 0.4) is 0 Å². The van der Waals surface area contributed by atoms with Crippen LogP contribution in [0.1, 0.15) is 0 Å². The predicted molar refractivity (Wildman–Crippen MR) is 87.2 cm³/mol. The van der Waals surface area contributed by atoms with E-state index < -0.39 is 0 Å². The van der Waals surface area contributed by atoms with E-state index >= 15 is 0 Å². The van der Waals surface area contributed by atoms with E-state index in [2.05, 4.69) is 54.6 Å². The zero-order valence-electron chi connectivity index (χ0n) is 11.1. The molecule has 0 radical (unpaired) electrons. The van der Waals surface area contributed by atoms with Gasteiger partial charge in [0, 0.05) is 9.79 Å². The second-order valence-electron chi connectivity index (χ2n) is 5.74. The van der Waals surface area contributed by atoms with E-state index in [9.17, 15) is 0 Å². The molecule has 0 N–H and O–H groups in total. The van der Waals surface area contributed by atoms with Crippen LogP contribution in [0.15, 0.2) is 64.4 Å². The molecule has 0 aliphatic carbocycles. The second-order valence-corrected chi connectivity index (χ2v) is 6.82. The van der Waals surface area contributed by atoms with E-state index in [1.165, 1.54) is 37.3 Å². The molecule has 0 bridgehead atoms. The summed E-state index contributed by atoms with van der Waals surface area (Å²) in [6.45, 7) is 0.364. The SMILES string of the molecule is c1cc2c3c(c1)Sc1cccc4c1B3c1c(cccc1-4)O2. The molecule has 1 nitrogen and oxygen atoms in total. The summed E-state index contributed by atoms with van der Waals surface area (Å²) in [6.07, 6.45) is 0. The van der Waals surface area contributed by atoms with Crippen LogP contribution in [-0.2, 0) is 0 Å². The minimum atomic E-state index is 0.364. The summed E-state index contributed by atoms with van der Waals surface area (Å²) in [5.41, 5.74) is 6.93. The molecule has 3 aliphatic rings. The maximum atomic E-state index is 6.20. The molecule has 0 fully saturated rings. The highest BCUT2D eigenvalue weighted by Gasteiger charge is 2.45. The molecule has 0 saturated carbocycles. The Balaban J connectivity index is 1.86. The first-order valence-corrected chi connectivity index (χ1v) is 7.98. The topological polar surface area (TPSA) is 9.23 Å². The molecule has 3 heterocycles. The third-order valence-electron chi connectivity index (χ3n) is 4.75. The molecule has 3 aromatic carbocycles. The van der Waals surface area contributed by atoms with Crippen molar-refractivity contribution >= 4 is 34.9 Å². The van der Waals surface area contributed by atoms with Crippen molar-refractivity contribution in [2.24, 2.45) is 0 Å². The minimum absolute atomic E-state index is 0.364. The van der Waals surface area contributed by atoms with E-state index in [-0.39, 0.29) is 0 Å². The average molecular weight is 284 g/mol. The zero-order valence-corrected chi connectivity index (χ0v) is 11.9. The standard InChI is InChI=1S/C18H9BOS/c1-4-10-11-5-2-8-14-17(11)19-16(10)12(6-1)20-13-7-3-9-15(21-14)18(13)19/h1-9H. The van der Waals surface area contributed by atoms with Crippen molar-refractivity contribution < 1.29 is 4.74 Å². The summed E-state index contributed by atoms with van der Waals surface area (Å²) in [5, 5.41) is 0. The molecule has 0 amide bonds. The summed E-state index contributed by atoms with van der Waals surface area (Å²) >= 11 is 1.87. The monoisotopic (exact) mass is 284 g/mol. The molecule has 0 unspecified atom stereocenters. The quantitative estimate of drug-likeness (QED) is 0.397. The van der Waals surface area contributed by atoms with Crippen LogP contribution in [0, 0.1) is 0 Å². The molecule has 6 rings (SSSR count). The maximum Gasteiger partial charge on any atom is 0.255 e. The lowest BCUT2D eigenvalue weighted by Crippen LogP contribution is -2.54. The highest BCUT2D eigenvalue weighted by molar-refractivity contribution is 8.00. The minimum Gasteiger partial charge on any atom is -0.458 e. The Morgan fingerprint density at radius 1 is 0.667 bits per heavy atom. The fourth-order valence-electron chi connectivity index (χ4n) is 3.99. The summed E-state index contributed by atoms with van der Waals surface area (Å²) in [7, 11) is 0. The predicted octanol–water partition coefficient (Wildman–Crippen LogP) is 2.75. The normalized spacial score (nSPS) is 14.8. The fraction of sp³-hybridized carbons (Fsp3) is 0. The van der Waals surface area contributed by atoms with Gasteiger partial charge in [0.2, 0.25) is 0 Å². The largest absolute Gasteiger partial charge is 0.458 e. The van der Waals surface area contributed by atoms with Crippen molar-refractivity contribution in [1.82, 2.24) is 0 Å². The zero-order chi connectivity index (χ0) is 13.6. The van der Waals surface area contributed by atoms with Gasteiger partial charge in [-0.25, -0.2) is 0 Å². The molecule has 3 aromatic rings. The van der Waals surface area contributed by atoms with Crippen molar-refractivity contribution in [3.05, 3.63) is 54.6 Å². The van der Waals surface area contributed by atoms with E-state index in [1.54, 1.807) is 0 Å². The highest BCUT2D eigenvalue weighted by atomic mass is 32.2. The van der Waals surface area contributed by atoms with Crippen LogP contribution in [-0.4, -0.2) is 6.71 Å². The molecule has 0 atom stereocenters. The summed E-state index contributed by atoms with van der Waals surface area (Å²) in [6, 6.07) is 19.5.